The molecule has 2 aliphatic heterocycles. The van der Waals surface area contributed by atoms with Crippen LogP contribution in [0.2, 0.25) is 0 Å². The zero-order valence-corrected chi connectivity index (χ0v) is 20.5. The molecule has 2 aromatic rings. The van der Waals surface area contributed by atoms with Gasteiger partial charge in [-0.15, -0.1) is 0 Å². The van der Waals surface area contributed by atoms with Crippen molar-refractivity contribution in [1.82, 2.24) is 4.90 Å². The first-order valence-electron chi connectivity index (χ1n) is 12.7. The highest BCUT2D eigenvalue weighted by atomic mass is 19.1. The molecular weight excluding hydrogens is 459 g/mol. The van der Waals surface area contributed by atoms with E-state index in [-0.39, 0.29) is 31.8 Å². The molecule has 5 rings (SSSR count). The molecule has 190 valence electrons. The van der Waals surface area contributed by atoms with Crippen molar-refractivity contribution < 1.29 is 18.7 Å². The van der Waals surface area contributed by atoms with E-state index < -0.39 is 11.7 Å². The number of nitrogens with one attached hydrogen (secondary N) is 1. The summed E-state index contributed by atoms with van der Waals surface area (Å²) in [5.74, 6) is 0.190. The van der Waals surface area contributed by atoms with Crippen molar-refractivity contribution in [1.29, 1.82) is 5.26 Å². The third-order valence-corrected chi connectivity index (χ3v) is 7.31. The molecule has 3 fully saturated rings. The quantitative estimate of drug-likeness (QED) is 0.610. The van der Waals surface area contributed by atoms with Gasteiger partial charge in [0, 0.05) is 50.4 Å². The molecule has 0 aromatic heterocycles. The fourth-order valence-electron chi connectivity index (χ4n) is 4.89. The number of anilines is 1. The minimum absolute atomic E-state index is 0.186. The van der Waals surface area contributed by atoms with Crippen LogP contribution in [0.1, 0.15) is 77.9 Å². The number of piperidine rings is 1. The molecule has 3 aliphatic rings. The maximum Gasteiger partial charge on any atom is 0.316 e. The second-order valence-electron chi connectivity index (χ2n) is 9.69. The maximum atomic E-state index is 15.5. The Morgan fingerprint density at radius 1 is 1.06 bits per heavy atom. The van der Waals surface area contributed by atoms with E-state index in [4.69, 9.17) is 15.7 Å². The van der Waals surface area contributed by atoms with Gasteiger partial charge in [0.2, 0.25) is 0 Å². The molecule has 36 heavy (non-hydrogen) atoms. The average molecular weight is 493 g/mol. The standard InChI is InChI=1S/C24H25FN4O2.C4H8O/c25-24(19-7-4-16(15-26)5-8-19)10-12-29(13-11-24)22(30)18-6-9-20(17-2-1-3-17)21(14-18)28-23(27)31;1-2-4-5-3-1/h4-9,14,17H,1-3,10-13H2,(H3,27,28,31);1-4H2. The van der Waals surface area contributed by atoms with E-state index in [2.05, 4.69) is 5.32 Å². The summed E-state index contributed by atoms with van der Waals surface area (Å²) in [6, 6.07) is 13.3. The van der Waals surface area contributed by atoms with Crippen LogP contribution in [-0.4, -0.2) is 43.1 Å². The number of nitriles is 1. The third-order valence-electron chi connectivity index (χ3n) is 7.31. The summed E-state index contributed by atoms with van der Waals surface area (Å²) in [4.78, 5) is 26.1. The van der Waals surface area contributed by atoms with E-state index in [1.807, 2.05) is 12.1 Å². The molecule has 2 saturated heterocycles. The predicted molar refractivity (Wildman–Crippen MR) is 135 cm³/mol. The van der Waals surface area contributed by atoms with E-state index in [9.17, 15) is 9.59 Å². The first-order chi connectivity index (χ1) is 17.4. The lowest BCUT2D eigenvalue weighted by atomic mass is 9.79. The molecule has 0 radical (unpaired) electrons. The van der Waals surface area contributed by atoms with Crippen LogP contribution < -0.4 is 11.1 Å². The van der Waals surface area contributed by atoms with E-state index in [1.54, 1.807) is 41.3 Å². The second kappa shape index (κ2) is 11.5. The van der Waals surface area contributed by atoms with Gasteiger partial charge in [0.25, 0.3) is 5.91 Å². The lowest BCUT2D eigenvalue weighted by molar-refractivity contribution is 0.0421. The van der Waals surface area contributed by atoms with Crippen LogP contribution in [0, 0.1) is 11.3 Å². The minimum atomic E-state index is -1.52. The van der Waals surface area contributed by atoms with Gasteiger partial charge in [-0.2, -0.15) is 5.26 Å². The summed E-state index contributed by atoms with van der Waals surface area (Å²) in [5.41, 5.74) is 6.87. The Kier molecular flexibility index (Phi) is 8.21. The van der Waals surface area contributed by atoms with Crippen LogP contribution in [0.25, 0.3) is 0 Å². The zero-order valence-electron chi connectivity index (χ0n) is 20.5. The number of alkyl halides is 1. The number of benzene rings is 2. The number of carbonyl (C=O) groups excluding carboxylic acids is 2. The smallest absolute Gasteiger partial charge is 0.316 e. The van der Waals surface area contributed by atoms with E-state index in [0.717, 1.165) is 38.0 Å². The number of rotatable bonds is 4. The SMILES string of the molecule is C1CCOC1.N#Cc1ccc(C2(F)CCN(C(=O)c3ccc(C4CCC4)c(NC(N)=O)c3)CC2)cc1. The molecule has 0 atom stereocenters. The molecule has 1 aliphatic carbocycles. The van der Waals surface area contributed by atoms with E-state index in [0.29, 0.717) is 28.3 Å². The first-order valence-corrected chi connectivity index (χ1v) is 12.7. The Bertz CT molecular complexity index is 1100. The highest BCUT2D eigenvalue weighted by Gasteiger charge is 2.38. The summed E-state index contributed by atoms with van der Waals surface area (Å²) in [5, 5.41) is 11.6. The van der Waals surface area contributed by atoms with Gasteiger partial charge in [-0.05, 0) is 67.0 Å². The third kappa shape index (κ3) is 6.03. The molecule has 8 heteroatoms. The fourth-order valence-corrected chi connectivity index (χ4v) is 4.89. The molecule has 0 unspecified atom stereocenters. The molecular formula is C28H33FN4O3. The van der Waals surface area contributed by atoms with E-state index in [1.165, 1.54) is 12.8 Å². The molecule has 0 spiro atoms. The number of hydrogen-bond donors (Lipinski definition) is 2. The van der Waals surface area contributed by atoms with Gasteiger partial charge in [-0.25, -0.2) is 9.18 Å². The molecule has 2 heterocycles. The van der Waals surface area contributed by atoms with Crippen LogP contribution in [0.4, 0.5) is 14.9 Å². The number of primary amides is 1. The number of nitrogens with zero attached hydrogens (tertiary/aromatic N) is 2. The van der Waals surface area contributed by atoms with Gasteiger partial charge in [0.05, 0.1) is 11.6 Å². The number of nitrogens with two attached hydrogens (primary N) is 1. The van der Waals surface area contributed by atoms with Crippen LogP contribution >= 0.6 is 0 Å². The summed E-state index contributed by atoms with van der Waals surface area (Å²) >= 11 is 0. The number of urea groups is 1. The Hall–Kier alpha value is -3.44. The van der Waals surface area contributed by atoms with Gasteiger partial charge in [-0.3, -0.25) is 4.79 Å². The Labute approximate surface area is 211 Å². The molecule has 2 aromatic carbocycles. The highest BCUT2D eigenvalue weighted by molar-refractivity contribution is 5.97. The van der Waals surface area contributed by atoms with Crippen LogP contribution in [0.15, 0.2) is 42.5 Å². The second-order valence-corrected chi connectivity index (χ2v) is 9.69. The van der Waals surface area contributed by atoms with Crippen LogP contribution in [0.5, 0.6) is 0 Å². The molecule has 1 saturated carbocycles. The van der Waals surface area contributed by atoms with Crippen molar-refractivity contribution in [2.45, 2.75) is 56.5 Å². The van der Waals surface area contributed by atoms with Crippen molar-refractivity contribution >= 4 is 17.6 Å². The number of ether oxygens (including phenoxy) is 1. The van der Waals surface area contributed by atoms with Crippen LogP contribution in [-0.2, 0) is 10.4 Å². The number of carbonyl (C=O) groups is 2. The van der Waals surface area contributed by atoms with E-state index >= 15 is 4.39 Å². The summed E-state index contributed by atoms with van der Waals surface area (Å²) in [7, 11) is 0. The fraction of sp³-hybridized carbons (Fsp3) is 0.464. The van der Waals surface area contributed by atoms with Crippen molar-refractivity contribution in [2.24, 2.45) is 5.73 Å². The number of amides is 3. The summed E-state index contributed by atoms with van der Waals surface area (Å²) in [6.07, 6.45) is 6.20. The summed E-state index contributed by atoms with van der Waals surface area (Å²) < 4.78 is 20.4. The van der Waals surface area contributed by atoms with Crippen LogP contribution in [0.3, 0.4) is 0 Å². The lowest BCUT2D eigenvalue weighted by Gasteiger charge is -2.37. The molecule has 3 amide bonds. The Balaban J connectivity index is 0.000000543. The molecule has 7 nitrogen and oxygen atoms in total. The lowest BCUT2D eigenvalue weighted by Crippen LogP contribution is -2.43. The maximum absolute atomic E-state index is 15.5. The number of likely N-dealkylation sites (tertiary alicyclic amines) is 1. The zero-order chi connectivity index (χ0) is 25.5. The van der Waals surface area contributed by atoms with Gasteiger partial charge < -0.3 is 20.7 Å². The monoisotopic (exact) mass is 492 g/mol. The first kappa shape index (κ1) is 25.6. The normalized spacial score (nSPS) is 18.8. The van der Waals surface area contributed by atoms with Gasteiger partial charge in [0.15, 0.2) is 0 Å². The highest BCUT2D eigenvalue weighted by Crippen LogP contribution is 2.41. The van der Waals surface area contributed by atoms with Crippen molar-refractivity contribution in [3.05, 3.63) is 64.7 Å². The van der Waals surface area contributed by atoms with Gasteiger partial charge >= 0.3 is 6.03 Å². The predicted octanol–water partition coefficient (Wildman–Crippen LogP) is 5.21. The molecule has 3 N–H and O–H groups in total. The van der Waals surface area contributed by atoms with Crippen molar-refractivity contribution in [2.75, 3.05) is 31.6 Å². The molecule has 0 bridgehead atoms. The largest absolute Gasteiger partial charge is 0.381 e. The topological polar surface area (TPSA) is 108 Å². The summed E-state index contributed by atoms with van der Waals surface area (Å²) in [6.45, 7) is 2.58. The van der Waals surface area contributed by atoms with Crippen molar-refractivity contribution in [3.63, 3.8) is 0 Å². The Morgan fingerprint density at radius 3 is 2.22 bits per heavy atom. The van der Waals surface area contributed by atoms with Gasteiger partial charge in [0.1, 0.15) is 5.67 Å². The Morgan fingerprint density at radius 2 is 1.72 bits per heavy atom. The number of halogens is 1. The average Bonchev–Trinajstić information content (AvgIpc) is 3.44. The minimum Gasteiger partial charge on any atom is -0.381 e. The van der Waals surface area contributed by atoms with Gasteiger partial charge in [-0.1, -0.05) is 24.6 Å². The number of hydrogen-bond acceptors (Lipinski definition) is 4. The van der Waals surface area contributed by atoms with Crippen molar-refractivity contribution in [3.8, 4) is 6.07 Å².